The van der Waals surface area contributed by atoms with Crippen molar-refractivity contribution in [2.75, 3.05) is 21.3 Å². The van der Waals surface area contributed by atoms with Crippen LogP contribution < -0.4 is 19.6 Å². The molecule has 2 N–H and O–H groups in total. The lowest BCUT2D eigenvalue weighted by molar-refractivity contribution is 0.0952. The van der Waals surface area contributed by atoms with Gasteiger partial charge in [-0.25, -0.2) is 5.43 Å². The van der Waals surface area contributed by atoms with Gasteiger partial charge in [0.25, 0.3) is 5.91 Å². The van der Waals surface area contributed by atoms with Crippen molar-refractivity contribution in [2.45, 2.75) is 0 Å². The van der Waals surface area contributed by atoms with E-state index in [0.717, 1.165) is 0 Å². The lowest BCUT2D eigenvalue weighted by Gasteiger charge is -2.12. The molecule has 0 radical (unpaired) electrons. The number of phenolic OH excluding ortho intramolecular Hbond substituents is 1. The number of hydrogen-bond acceptors (Lipinski definition) is 6. The number of aromatic hydroxyl groups is 1. The van der Waals surface area contributed by atoms with Gasteiger partial charge in [-0.1, -0.05) is 11.6 Å². The summed E-state index contributed by atoms with van der Waals surface area (Å²) >= 11 is 5.82. The van der Waals surface area contributed by atoms with Gasteiger partial charge >= 0.3 is 0 Å². The van der Waals surface area contributed by atoms with Crippen LogP contribution in [0, 0.1) is 0 Å². The molecule has 2 aromatic rings. The highest BCUT2D eigenvalue weighted by atomic mass is 35.5. The van der Waals surface area contributed by atoms with Crippen LogP contribution in [0.5, 0.6) is 23.0 Å². The lowest BCUT2D eigenvalue weighted by atomic mass is 10.2. The minimum atomic E-state index is -0.594. The Morgan fingerprint density at radius 2 is 1.76 bits per heavy atom. The summed E-state index contributed by atoms with van der Waals surface area (Å²) in [6.07, 6.45) is 1.41. The number of halogens is 1. The van der Waals surface area contributed by atoms with E-state index in [-0.39, 0.29) is 11.3 Å². The number of nitrogens with zero attached hydrogens (tertiary/aromatic N) is 1. The molecular weight excluding hydrogens is 348 g/mol. The smallest absolute Gasteiger partial charge is 0.275 e. The van der Waals surface area contributed by atoms with Crippen LogP contribution >= 0.6 is 11.6 Å². The molecule has 0 spiro atoms. The fourth-order valence-corrected chi connectivity index (χ4v) is 2.26. The molecule has 2 rings (SSSR count). The van der Waals surface area contributed by atoms with Gasteiger partial charge in [0.15, 0.2) is 11.5 Å². The van der Waals surface area contributed by atoms with Crippen molar-refractivity contribution in [2.24, 2.45) is 5.10 Å². The molecule has 0 unspecified atom stereocenters. The van der Waals surface area contributed by atoms with Gasteiger partial charge in [-0.2, -0.15) is 5.10 Å². The fourth-order valence-electron chi connectivity index (χ4n) is 2.09. The SMILES string of the molecule is COc1cc(C=NNC(=O)c2cc(Cl)ccc2O)cc(OC)c1OC. The third kappa shape index (κ3) is 4.33. The molecule has 0 aromatic heterocycles. The standard InChI is InChI=1S/C17H17ClN2O5/c1-23-14-6-10(7-15(24-2)16(14)25-3)9-19-20-17(22)12-8-11(18)4-5-13(12)21/h4-9,21H,1-3H3,(H,20,22). The number of carbonyl (C=O) groups excluding carboxylic acids is 1. The van der Waals surface area contributed by atoms with E-state index in [4.69, 9.17) is 25.8 Å². The largest absolute Gasteiger partial charge is 0.507 e. The normalized spacial score (nSPS) is 10.6. The number of benzene rings is 2. The van der Waals surface area contributed by atoms with Gasteiger partial charge in [-0.3, -0.25) is 4.79 Å². The quantitative estimate of drug-likeness (QED) is 0.607. The second-order valence-corrected chi connectivity index (χ2v) is 5.26. The topological polar surface area (TPSA) is 89.4 Å². The van der Waals surface area contributed by atoms with Crippen LogP contribution in [0.1, 0.15) is 15.9 Å². The Hall–Kier alpha value is -2.93. The molecule has 0 bridgehead atoms. The lowest BCUT2D eigenvalue weighted by Crippen LogP contribution is -2.17. The average Bonchev–Trinajstić information content (AvgIpc) is 2.62. The summed E-state index contributed by atoms with van der Waals surface area (Å²) < 4.78 is 15.7. The Morgan fingerprint density at radius 1 is 1.12 bits per heavy atom. The molecule has 0 saturated heterocycles. The molecular formula is C17H17ClN2O5. The van der Waals surface area contributed by atoms with E-state index in [1.807, 2.05) is 0 Å². The maximum atomic E-state index is 12.0. The molecule has 0 saturated carbocycles. The summed E-state index contributed by atoms with van der Waals surface area (Å²) in [4.78, 5) is 12.0. The molecule has 0 aliphatic heterocycles. The molecule has 0 aliphatic rings. The summed E-state index contributed by atoms with van der Waals surface area (Å²) in [7, 11) is 4.51. The first-order valence-electron chi connectivity index (χ1n) is 7.12. The van der Waals surface area contributed by atoms with E-state index in [1.54, 1.807) is 12.1 Å². The molecule has 0 fully saturated rings. The van der Waals surface area contributed by atoms with E-state index in [0.29, 0.717) is 27.8 Å². The van der Waals surface area contributed by atoms with E-state index in [1.165, 1.54) is 45.7 Å². The minimum absolute atomic E-state index is 0.0227. The monoisotopic (exact) mass is 364 g/mol. The van der Waals surface area contributed by atoms with Crippen molar-refractivity contribution in [3.8, 4) is 23.0 Å². The highest BCUT2D eigenvalue weighted by Crippen LogP contribution is 2.37. The molecule has 0 atom stereocenters. The first-order valence-corrected chi connectivity index (χ1v) is 7.50. The van der Waals surface area contributed by atoms with E-state index in [2.05, 4.69) is 10.5 Å². The first kappa shape index (κ1) is 18.4. The molecule has 8 heteroatoms. The first-order chi connectivity index (χ1) is 12.0. The van der Waals surface area contributed by atoms with Crippen LogP contribution in [-0.2, 0) is 0 Å². The summed E-state index contributed by atoms with van der Waals surface area (Å²) in [5.41, 5.74) is 2.96. The van der Waals surface area contributed by atoms with Gasteiger partial charge in [0.05, 0.1) is 33.1 Å². The molecule has 1 amide bonds. The molecule has 0 aliphatic carbocycles. The number of nitrogens with one attached hydrogen (secondary N) is 1. The van der Waals surface area contributed by atoms with Crippen molar-refractivity contribution < 1.29 is 24.1 Å². The van der Waals surface area contributed by atoms with E-state index < -0.39 is 5.91 Å². The number of hydrogen-bond donors (Lipinski definition) is 2. The van der Waals surface area contributed by atoms with Crippen molar-refractivity contribution in [1.29, 1.82) is 0 Å². The van der Waals surface area contributed by atoms with Gasteiger partial charge in [-0.05, 0) is 30.3 Å². The average molecular weight is 365 g/mol. The Kier molecular flexibility index (Phi) is 6.08. The predicted octanol–water partition coefficient (Wildman–Crippen LogP) is 2.84. The van der Waals surface area contributed by atoms with Gasteiger partial charge in [-0.15, -0.1) is 0 Å². The molecule has 7 nitrogen and oxygen atoms in total. The Morgan fingerprint density at radius 3 is 2.32 bits per heavy atom. The number of rotatable bonds is 6. The number of phenols is 1. The second kappa shape index (κ2) is 8.25. The maximum absolute atomic E-state index is 12.0. The third-order valence-corrected chi connectivity index (χ3v) is 3.51. The zero-order chi connectivity index (χ0) is 18.4. The van der Waals surface area contributed by atoms with Crippen LogP contribution in [0.25, 0.3) is 0 Å². The Balaban J connectivity index is 2.19. The second-order valence-electron chi connectivity index (χ2n) is 4.82. The third-order valence-electron chi connectivity index (χ3n) is 3.27. The zero-order valence-electron chi connectivity index (χ0n) is 13.9. The van der Waals surface area contributed by atoms with Gasteiger partial charge in [0, 0.05) is 10.6 Å². The molecule has 0 heterocycles. The van der Waals surface area contributed by atoms with Gasteiger partial charge < -0.3 is 19.3 Å². The minimum Gasteiger partial charge on any atom is -0.507 e. The van der Waals surface area contributed by atoms with Crippen molar-refractivity contribution >= 4 is 23.7 Å². The van der Waals surface area contributed by atoms with Crippen LogP contribution in [0.2, 0.25) is 5.02 Å². The highest BCUT2D eigenvalue weighted by molar-refractivity contribution is 6.31. The van der Waals surface area contributed by atoms with Crippen LogP contribution in [0.4, 0.5) is 0 Å². The molecule has 2 aromatic carbocycles. The highest BCUT2D eigenvalue weighted by Gasteiger charge is 2.13. The zero-order valence-corrected chi connectivity index (χ0v) is 14.6. The van der Waals surface area contributed by atoms with Crippen molar-refractivity contribution in [3.05, 3.63) is 46.5 Å². The van der Waals surface area contributed by atoms with E-state index >= 15 is 0 Å². The van der Waals surface area contributed by atoms with Crippen molar-refractivity contribution in [1.82, 2.24) is 5.43 Å². The predicted molar refractivity (Wildman–Crippen MR) is 94.3 cm³/mol. The number of amides is 1. The number of carbonyl (C=O) groups is 1. The van der Waals surface area contributed by atoms with Crippen LogP contribution in [0.3, 0.4) is 0 Å². The van der Waals surface area contributed by atoms with Crippen LogP contribution in [0.15, 0.2) is 35.4 Å². The Labute approximate surface area is 149 Å². The summed E-state index contributed by atoms with van der Waals surface area (Å²) in [6.45, 7) is 0. The van der Waals surface area contributed by atoms with Crippen LogP contribution in [-0.4, -0.2) is 38.6 Å². The summed E-state index contributed by atoms with van der Waals surface area (Å²) in [5.74, 6) is 0.591. The van der Waals surface area contributed by atoms with E-state index in [9.17, 15) is 9.90 Å². The number of hydrazone groups is 1. The summed E-state index contributed by atoms with van der Waals surface area (Å²) in [5, 5.41) is 13.9. The maximum Gasteiger partial charge on any atom is 0.275 e. The molecule has 25 heavy (non-hydrogen) atoms. The number of ether oxygens (including phenoxy) is 3. The van der Waals surface area contributed by atoms with Gasteiger partial charge in [0.2, 0.25) is 5.75 Å². The van der Waals surface area contributed by atoms with Gasteiger partial charge in [0.1, 0.15) is 5.75 Å². The summed E-state index contributed by atoms with van der Waals surface area (Å²) in [6, 6.07) is 7.51. The number of methoxy groups -OCH3 is 3. The fraction of sp³-hybridized carbons (Fsp3) is 0.176. The Bertz CT molecular complexity index is 783. The van der Waals surface area contributed by atoms with Crippen molar-refractivity contribution in [3.63, 3.8) is 0 Å². The molecule has 132 valence electrons.